The molecule has 4 rings (SSSR count). The minimum atomic E-state index is -0.823. The number of carboxylic acids is 1. The lowest BCUT2D eigenvalue weighted by atomic mass is 10.1. The van der Waals surface area contributed by atoms with Crippen LogP contribution in [0.5, 0.6) is 0 Å². The molecule has 0 atom stereocenters. The molecule has 162 valence electrons. The van der Waals surface area contributed by atoms with Crippen molar-refractivity contribution in [3.8, 4) is 11.4 Å². The van der Waals surface area contributed by atoms with Crippen LogP contribution >= 0.6 is 15.9 Å². The molecular formula is C26H24BrN3O2. The van der Waals surface area contributed by atoms with Gasteiger partial charge < -0.3 is 10.0 Å². The normalized spacial score (nSPS) is 10.9. The molecule has 0 fully saturated rings. The number of benzene rings is 3. The molecule has 4 aromatic rings. The van der Waals surface area contributed by atoms with E-state index in [-0.39, 0.29) is 6.42 Å². The molecule has 0 saturated heterocycles. The van der Waals surface area contributed by atoms with Crippen LogP contribution in [0.1, 0.15) is 17.5 Å². The second-order valence-corrected chi connectivity index (χ2v) is 8.63. The average molecular weight is 490 g/mol. The van der Waals surface area contributed by atoms with Gasteiger partial charge in [-0.05, 0) is 42.7 Å². The van der Waals surface area contributed by atoms with Crippen LogP contribution in [-0.2, 0) is 11.2 Å². The first kappa shape index (κ1) is 22.0. The lowest BCUT2D eigenvalue weighted by Crippen LogP contribution is -2.30. The number of halogens is 1. The Balaban J connectivity index is 1.81. The molecule has 0 bridgehead atoms. The molecule has 0 unspecified atom stereocenters. The highest BCUT2D eigenvalue weighted by atomic mass is 79.9. The third kappa shape index (κ3) is 5.14. The number of aromatic nitrogens is 2. The van der Waals surface area contributed by atoms with E-state index in [4.69, 9.17) is 9.97 Å². The number of carbonyl (C=O) groups is 1. The van der Waals surface area contributed by atoms with Crippen LogP contribution in [0.2, 0.25) is 0 Å². The number of para-hydroxylation sites is 1. The summed E-state index contributed by atoms with van der Waals surface area (Å²) >= 11 is 3.53. The van der Waals surface area contributed by atoms with Gasteiger partial charge in [0.2, 0.25) is 0 Å². The van der Waals surface area contributed by atoms with Crippen molar-refractivity contribution in [1.29, 1.82) is 0 Å². The first-order valence-corrected chi connectivity index (χ1v) is 11.3. The summed E-state index contributed by atoms with van der Waals surface area (Å²) in [6, 6.07) is 24.2. The molecule has 0 amide bonds. The van der Waals surface area contributed by atoms with Gasteiger partial charge in [0.15, 0.2) is 5.82 Å². The second-order valence-electron chi connectivity index (χ2n) is 7.72. The number of nitrogens with zero attached hydrogens (tertiary/aromatic N) is 3. The Morgan fingerprint density at radius 3 is 2.50 bits per heavy atom. The van der Waals surface area contributed by atoms with Gasteiger partial charge in [-0.2, -0.15) is 0 Å². The molecule has 0 saturated carbocycles. The summed E-state index contributed by atoms with van der Waals surface area (Å²) in [6.45, 7) is 3.07. The van der Waals surface area contributed by atoms with Gasteiger partial charge in [0.1, 0.15) is 5.82 Å². The quantitative estimate of drug-likeness (QED) is 0.334. The molecule has 5 nitrogen and oxygen atoms in total. The summed E-state index contributed by atoms with van der Waals surface area (Å²) in [5, 5.41) is 10.3. The fraction of sp³-hybridized carbons (Fsp3) is 0.192. The van der Waals surface area contributed by atoms with E-state index in [2.05, 4.69) is 33.0 Å². The molecule has 0 radical (unpaired) electrons. The number of anilines is 1. The van der Waals surface area contributed by atoms with Gasteiger partial charge >= 0.3 is 5.97 Å². The van der Waals surface area contributed by atoms with E-state index >= 15 is 0 Å². The number of hydrogen-bond acceptors (Lipinski definition) is 4. The Labute approximate surface area is 195 Å². The van der Waals surface area contributed by atoms with Crippen LogP contribution in [0.3, 0.4) is 0 Å². The number of carboxylic acid groups (broad SMARTS) is 1. The Kier molecular flexibility index (Phi) is 6.81. The lowest BCUT2D eigenvalue weighted by Gasteiger charge is -2.25. The van der Waals surface area contributed by atoms with E-state index in [0.29, 0.717) is 18.9 Å². The fourth-order valence-electron chi connectivity index (χ4n) is 3.74. The van der Waals surface area contributed by atoms with Crippen LogP contribution in [0, 0.1) is 6.92 Å². The predicted molar refractivity (Wildman–Crippen MR) is 132 cm³/mol. The zero-order chi connectivity index (χ0) is 22.5. The van der Waals surface area contributed by atoms with Gasteiger partial charge in [-0.25, -0.2) is 9.97 Å². The third-order valence-electron chi connectivity index (χ3n) is 5.40. The summed E-state index contributed by atoms with van der Waals surface area (Å²) < 4.78 is 0.955. The first-order valence-electron chi connectivity index (χ1n) is 10.6. The van der Waals surface area contributed by atoms with Gasteiger partial charge in [0.25, 0.3) is 0 Å². The molecular weight excluding hydrogens is 466 g/mol. The number of aryl methyl sites for hydroxylation is 1. The Morgan fingerprint density at radius 2 is 1.75 bits per heavy atom. The van der Waals surface area contributed by atoms with E-state index < -0.39 is 5.97 Å². The molecule has 32 heavy (non-hydrogen) atoms. The largest absolute Gasteiger partial charge is 0.481 e. The smallest absolute Gasteiger partial charge is 0.305 e. The highest BCUT2D eigenvalue weighted by molar-refractivity contribution is 9.10. The van der Waals surface area contributed by atoms with Gasteiger partial charge in [-0.3, -0.25) is 4.79 Å². The van der Waals surface area contributed by atoms with Crippen LogP contribution < -0.4 is 4.90 Å². The zero-order valence-corrected chi connectivity index (χ0v) is 19.4. The van der Waals surface area contributed by atoms with Gasteiger partial charge in [0.05, 0.1) is 11.9 Å². The average Bonchev–Trinajstić information content (AvgIpc) is 2.79. The van der Waals surface area contributed by atoms with Crippen molar-refractivity contribution in [3.05, 3.63) is 88.4 Å². The van der Waals surface area contributed by atoms with E-state index in [0.717, 1.165) is 38.7 Å². The highest BCUT2D eigenvalue weighted by Crippen LogP contribution is 2.30. The SMILES string of the molecule is Cc1cccc2c(N(CCC(=O)O)CCc3ccccc3)nc(-c3cccc(Br)c3)nc12. The standard InChI is InChI=1S/C26H24BrN3O2/c1-18-7-5-12-22-24(18)28-25(20-10-6-11-21(27)17-20)29-26(22)30(16-14-23(31)32)15-13-19-8-3-2-4-9-19/h2-12,17H,13-16H2,1H3,(H,31,32). The summed E-state index contributed by atoms with van der Waals surface area (Å²) in [7, 11) is 0. The van der Waals surface area contributed by atoms with E-state index in [1.54, 1.807) is 0 Å². The van der Waals surface area contributed by atoms with Crippen molar-refractivity contribution in [3.63, 3.8) is 0 Å². The van der Waals surface area contributed by atoms with Crippen molar-refractivity contribution in [2.24, 2.45) is 0 Å². The molecule has 0 aliphatic rings. The van der Waals surface area contributed by atoms with E-state index in [1.807, 2.05) is 67.6 Å². The van der Waals surface area contributed by atoms with Gasteiger partial charge in [0, 0.05) is 28.5 Å². The van der Waals surface area contributed by atoms with Crippen LogP contribution in [0.25, 0.3) is 22.3 Å². The van der Waals surface area contributed by atoms with Gasteiger partial charge in [-0.1, -0.05) is 70.5 Å². The Morgan fingerprint density at radius 1 is 0.969 bits per heavy atom. The van der Waals surface area contributed by atoms with E-state index in [1.165, 1.54) is 5.56 Å². The molecule has 0 aliphatic heterocycles. The van der Waals surface area contributed by atoms with Crippen molar-refractivity contribution < 1.29 is 9.90 Å². The van der Waals surface area contributed by atoms with E-state index in [9.17, 15) is 9.90 Å². The minimum Gasteiger partial charge on any atom is -0.481 e. The summed E-state index contributed by atoms with van der Waals surface area (Å²) in [5.74, 6) is 0.574. The number of hydrogen-bond donors (Lipinski definition) is 1. The maximum Gasteiger partial charge on any atom is 0.305 e. The Hall–Kier alpha value is -3.25. The fourth-order valence-corrected chi connectivity index (χ4v) is 4.14. The monoisotopic (exact) mass is 489 g/mol. The maximum absolute atomic E-state index is 11.4. The van der Waals surface area contributed by atoms with Crippen molar-refractivity contribution >= 4 is 38.6 Å². The zero-order valence-electron chi connectivity index (χ0n) is 17.8. The molecule has 1 heterocycles. The maximum atomic E-state index is 11.4. The van der Waals surface area contributed by atoms with Crippen molar-refractivity contribution in [1.82, 2.24) is 9.97 Å². The molecule has 6 heteroatoms. The summed E-state index contributed by atoms with van der Waals surface area (Å²) in [5.41, 5.74) is 4.05. The molecule has 0 spiro atoms. The number of fused-ring (bicyclic) bond motifs is 1. The Bertz CT molecular complexity index is 1240. The molecule has 3 aromatic carbocycles. The van der Waals surface area contributed by atoms with Crippen LogP contribution in [-0.4, -0.2) is 34.1 Å². The minimum absolute atomic E-state index is 0.0400. The van der Waals surface area contributed by atoms with Crippen molar-refractivity contribution in [2.45, 2.75) is 19.8 Å². The molecule has 1 aromatic heterocycles. The third-order valence-corrected chi connectivity index (χ3v) is 5.89. The van der Waals surface area contributed by atoms with Gasteiger partial charge in [-0.15, -0.1) is 0 Å². The number of rotatable bonds is 8. The first-order chi connectivity index (χ1) is 15.5. The highest BCUT2D eigenvalue weighted by Gasteiger charge is 2.18. The van der Waals surface area contributed by atoms with Crippen molar-refractivity contribution in [2.75, 3.05) is 18.0 Å². The topological polar surface area (TPSA) is 66.3 Å². The summed E-state index contributed by atoms with van der Waals surface area (Å²) in [6.07, 6.45) is 0.836. The second kappa shape index (κ2) is 9.92. The molecule has 1 N–H and O–H groups in total. The van der Waals surface area contributed by atoms with Crippen LogP contribution in [0.4, 0.5) is 5.82 Å². The van der Waals surface area contributed by atoms with Crippen LogP contribution in [0.15, 0.2) is 77.3 Å². The summed E-state index contributed by atoms with van der Waals surface area (Å²) in [4.78, 5) is 23.3. The predicted octanol–water partition coefficient (Wildman–Crippen LogP) is 5.89. The number of aliphatic carboxylic acids is 1. The lowest BCUT2D eigenvalue weighted by molar-refractivity contribution is -0.136. The molecule has 0 aliphatic carbocycles.